The summed E-state index contributed by atoms with van der Waals surface area (Å²) in [6.45, 7) is 4.17. The predicted octanol–water partition coefficient (Wildman–Crippen LogP) is 4.78. The molecule has 1 aliphatic carbocycles. The maximum absolute atomic E-state index is 13.7. The fourth-order valence-corrected chi connectivity index (χ4v) is 3.69. The van der Waals surface area contributed by atoms with Gasteiger partial charge in [-0.2, -0.15) is 0 Å². The molecule has 0 radical (unpaired) electrons. The van der Waals surface area contributed by atoms with Crippen LogP contribution in [0.1, 0.15) is 60.8 Å². The van der Waals surface area contributed by atoms with Crippen molar-refractivity contribution in [2.24, 2.45) is 0 Å². The summed E-state index contributed by atoms with van der Waals surface area (Å²) in [4.78, 5) is 0. The van der Waals surface area contributed by atoms with E-state index in [0.29, 0.717) is 0 Å². The third-order valence-corrected chi connectivity index (χ3v) is 5.03. The van der Waals surface area contributed by atoms with Gasteiger partial charge < -0.3 is 5.11 Å². The Morgan fingerprint density at radius 2 is 1.86 bits per heavy atom. The first-order chi connectivity index (χ1) is 10.6. The lowest BCUT2D eigenvalue weighted by Gasteiger charge is -2.27. The van der Waals surface area contributed by atoms with Crippen LogP contribution in [0.15, 0.2) is 42.5 Å². The van der Waals surface area contributed by atoms with Crippen molar-refractivity contribution >= 4 is 0 Å². The summed E-state index contributed by atoms with van der Waals surface area (Å²) in [7, 11) is 0. The molecule has 116 valence electrons. The fourth-order valence-electron chi connectivity index (χ4n) is 3.69. The lowest BCUT2D eigenvalue weighted by Crippen LogP contribution is -2.16. The smallest absolute Gasteiger partial charge is 0.123 e. The number of halogens is 1. The zero-order chi connectivity index (χ0) is 15.7. The highest BCUT2D eigenvalue weighted by atomic mass is 19.1. The van der Waals surface area contributed by atoms with E-state index in [0.717, 1.165) is 24.8 Å². The second kappa shape index (κ2) is 6.21. The number of hydrogen-bond acceptors (Lipinski definition) is 1. The summed E-state index contributed by atoms with van der Waals surface area (Å²) < 4.78 is 13.7. The Balaban J connectivity index is 2.11. The molecule has 0 aromatic heterocycles. The van der Waals surface area contributed by atoms with E-state index in [1.165, 1.54) is 16.7 Å². The molecule has 0 saturated heterocycles. The van der Waals surface area contributed by atoms with Gasteiger partial charge in [0, 0.05) is 0 Å². The summed E-state index contributed by atoms with van der Waals surface area (Å²) in [5.41, 5.74) is 4.89. The van der Waals surface area contributed by atoms with E-state index in [1.807, 2.05) is 13.0 Å². The Morgan fingerprint density at radius 3 is 2.64 bits per heavy atom. The van der Waals surface area contributed by atoms with Gasteiger partial charge in [0.15, 0.2) is 0 Å². The highest BCUT2D eigenvalue weighted by Gasteiger charge is 2.29. The average Bonchev–Trinajstić information content (AvgIpc) is 2.64. The van der Waals surface area contributed by atoms with Crippen molar-refractivity contribution in [2.75, 3.05) is 0 Å². The monoisotopic (exact) mass is 298 g/mol. The van der Waals surface area contributed by atoms with Gasteiger partial charge >= 0.3 is 0 Å². The van der Waals surface area contributed by atoms with Crippen LogP contribution in [0.2, 0.25) is 0 Å². The van der Waals surface area contributed by atoms with Crippen LogP contribution in [0.4, 0.5) is 4.39 Å². The van der Waals surface area contributed by atoms with Crippen molar-refractivity contribution in [3.63, 3.8) is 0 Å². The molecule has 1 nitrogen and oxygen atoms in total. The number of aliphatic hydroxyl groups is 1. The molecule has 0 amide bonds. The minimum absolute atomic E-state index is 0.175. The van der Waals surface area contributed by atoms with Crippen molar-refractivity contribution in [1.82, 2.24) is 0 Å². The van der Waals surface area contributed by atoms with E-state index in [4.69, 9.17) is 0 Å². The van der Waals surface area contributed by atoms with Gasteiger partial charge in [0.25, 0.3) is 0 Å². The number of rotatable bonds is 3. The standard InChI is InChI=1S/C20H23FO/c1-3-17(22)12-20-13(2)19-11-16(21)9-8-15(19)10-14-6-4-5-7-18(14)20/h4-9,11,13,17,20,22H,3,10,12H2,1-2H3/t13-,17+,20-/m1/s1. The lowest BCUT2D eigenvalue weighted by molar-refractivity contribution is 0.147. The summed E-state index contributed by atoms with van der Waals surface area (Å²) in [5.74, 6) is 0.260. The maximum Gasteiger partial charge on any atom is 0.123 e. The normalized spacial score (nSPS) is 21.6. The third kappa shape index (κ3) is 2.80. The summed E-state index contributed by atoms with van der Waals surface area (Å²) in [5, 5.41) is 10.2. The van der Waals surface area contributed by atoms with Gasteiger partial charge in [-0.15, -0.1) is 0 Å². The van der Waals surface area contributed by atoms with Crippen molar-refractivity contribution in [3.05, 3.63) is 70.5 Å². The highest BCUT2D eigenvalue weighted by Crippen LogP contribution is 2.43. The van der Waals surface area contributed by atoms with Crippen molar-refractivity contribution in [3.8, 4) is 0 Å². The van der Waals surface area contributed by atoms with Crippen LogP contribution in [0.5, 0.6) is 0 Å². The number of fused-ring (bicyclic) bond motifs is 2. The van der Waals surface area contributed by atoms with Gasteiger partial charge in [-0.25, -0.2) is 4.39 Å². The molecule has 0 unspecified atom stereocenters. The van der Waals surface area contributed by atoms with E-state index in [1.54, 1.807) is 12.1 Å². The van der Waals surface area contributed by atoms with Crippen molar-refractivity contribution in [2.45, 2.75) is 51.0 Å². The summed E-state index contributed by atoms with van der Waals surface area (Å²) in [6.07, 6.45) is 2.01. The van der Waals surface area contributed by atoms with Crippen LogP contribution < -0.4 is 0 Å². The largest absolute Gasteiger partial charge is 0.393 e. The molecule has 0 bridgehead atoms. The van der Waals surface area contributed by atoms with E-state index in [-0.39, 0.29) is 23.8 Å². The number of benzene rings is 2. The van der Waals surface area contributed by atoms with Crippen LogP contribution in [-0.4, -0.2) is 11.2 Å². The first-order valence-electron chi connectivity index (χ1n) is 8.14. The van der Waals surface area contributed by atoms with Gasteiger partial charge in [-0.3, -0.25) is 0 Å². The van der Waals surface area contributed by atoms with Crippen LogP contribution in [0.3, 0.4) is 0 Å². The van der Waals surface area contributed by atoms with E-state index in [2.05, 4.69) is 31.2 Å². The van der Waals surface area contributed by atoms with E-state index < -0.39 is 0 Å². The van der Waals surface area contributed by atoms with E-state index >= 15 is 0 Å². The molecule has 3 rings (SSSR count). The topological polar surface area (TPSA) is 20.2 Å². The minimum Gasteiger partial charge on any atom is -0.393 e. The molecule has 1 aliphatic rings. The number of hydrogen-bond donors (Lipinski definition) is 1. The van der Waals surface area contributed by atoms with E-state index in [9.17, 15) is 9.50 Å². The van der Waals surface area contributed by atoms with Gasteiger partial charge in [0.1, 0.15) is 5.82 Å². The second-order valence-electron chi connectivity index (χ2n) is 6.41. The van der Waals surface area contributed by atoms with Gasteiger partial charge in [-0.05, 0) is 65.5 Å². The van der Waals surface area contributed by atoms with Crippen molar-refractivity contribution in [1.29, 1.82) is 0 Å². The first-order valence-corrected chi connectivity index (χ1v) is 8.14. The third-order valence-electron chi connectivity index (χ3n) is 5.03. The molecule has 0 spiro atoms. The highest BCUT2D eigenvalue weighted by molar-refractivity contribution is 5.45. The Labute approximate surface area is 131 Å². The molecule has 2 aromatic carbocycles. The molecule has 0 fully saturated rings. The van der Waals surface area contributed by atoms with Gasteiger partial charge in [0.05, 0.1) is 6.10 Å². The Hall–Kier alpha value is -1.67. The molecular formula is C20H23FO. The number of aliphatic hydroxyl groups excluding tert-OH is 1. The molecule has 22 heavy (non-hydrogen) atoms. The molecule has 3 atom stereocenters. The predicted molar refractivity (Wildman–Crippen MR) is 87.7 cm³/mol. The zero-order valence-electron chi connectivity index (χ0n) is 13.2. The summed E-state index contributed by atoms with van der Waals surface area (Å²) >= 11 is 0. The minimum atomic E-state index is -0.310. The molecule has 0 heterocycles. The molecule has 2 aromatic rings. The molecular weight excluding hydrogens is 275 g/mol. The quantitative estimate of drug-likeness (QED) is 0.864. The van der Waals surface area contributed by atoms with Gasteiger partial charge in [-0.1, -0.05) is 44.2 Å². The van der Waals surface area contributed by atoms with Gasteiger partial charge in [0.2, 0.25) is 0 Å². The van der Waals surface area contributed by atoms with Crippen LogP contribution in [-0.2, 0) is 6.42 Å². The second-order valence-corrected chi connectivity index (χ2v) is 6.41. The van der Waals surface area contributed by atoms with Crippen molar-refractivity contribution < 1.29 is 9.50 Å². The molecule has 1 N–H and O–H groups in total. The molecule has 2 heteroatoms. The van der Waals surface area contributed by atoms with Crippen LogP contribution in [0.25, 0.3) is 0 Å². The Morgan fingerprint density at radius 1 is 1.14 bits per heavy atom. The average molecular weight is 298 g/mol. The molecule has 0 aliphatic heterocycles. The van der Waals surface area contributed by atoms with Crippen LogP contribution >= 0.6 is 0 Å². The summed E-state index contributed by atoms with van der Waals surface area (Å²) in [6, 6.07) is 13.6. The van der Waals surface area contributed by atoms with Crippen LogP contribution in [0, 0.1) is 5.82 Å². The fraction of sp³-hybridized carbons (Fsp3) is 0.400. The Kier molecular flexibility index (Phi) is 4.30. The Bertz CT molecular complexity index is 665. The first kappa shape index (κ1) is 15.2. The maximum atomic E-state index is 13.7. The molecule has 0 saturated carbocycles. The SMILES string of the molecule is CC[C@H](O)C[C@H]1c2ccccc2Cc2ccc(F)cc2[C@H]1C. The lowest BCUT2D eigenvalue weighted by atomic mass is 9.79. The zero-order valence-corrected chi connectivity index (χ0v) is 13.2.